The van der Waals surface area contributed by atoms with Gasteiger partial charge in [-0.05, 0) is 30.7 Å². The molecule has 106 valence electrons. The molecular formula is C12H15F3N2O2. The minimum Gasteiger partial charge on any atom is -0.508 e. The van der Waals surface area contributed by atoms with Gasteiger partial charge in [0.05, 0.1) is 0 Å². The number of rotatable bonds is 4. The number of phenols is 1. The standard InChI is InChI=1S/C12H15F3N2O2/c1-8-6-9(2-3-10(8)18)11(19)17(5-4-16)7-12(13,14)15/h2-3,6,18H,4-5,7,16H2,1H3. The SMILES string of the molecule is Cc1cc(C(=O)N(CCN)CC(F)(F)F)ccc1O. The highest BCUT2D eigenvalue weighted by Gasteiger charge is 2.33. The first kappa shape index (κ1) is 15.3. The lowest BCUT2D eigenvalue weighted by molar-refractivity contribution is -0.140. The number of aryl methyl sites for hydroxylation is 1. The lowest BCUT2D eigenvalue weighted by Gasteiger charge is -2.23. The van der Waals surface area contributed by atoms with Crippen LogP contribution in [0.2, 0.25) is 0 Å². The van der Waals surface area contributed by atoms with Crippen LogP contribution in [-0.2, 0) is 0 Å². The largest absolute Gasteiger partial charge is 0.508 e. The average molecular weight is 276 g/mol. The quantitative estimate of drug-likeness (QED) is 0.879. The molecule has 7 heteroatoms. The molecule has 19 heavy (non-hydrogen) atoms. The molecule has 0 saturated heterocycles. The molecule has 0 saturated carbocycles. The lowest BCUT2D eigenvalue weighted by Crippen LogP contribution is -2.41. The van der Waals surface area contributed by atoms with Crippen molar-refractivity contribution < 1.29 is 23.1 Å². The number of phenolic OH excluding ortho intramolecular Hbond substituents is 1. The Hall–Kier alpha value is -1.76. The summed E-state index contributed by atoms with van der Waals surface area (Å²) in [4.78, 5) is 12.6. The zero-order valence-electron chi connectivity index (χ0n) is 10.4. The van der Waals surface area contributed by atoms with E-state index < -0.39 is 18.6 Å². The highest BCUT2D eigenvalue weighted by molar-refractivity contribution is 5.94. The third-order valence-corrected chi connectivity index (χ3v) is 2.50. The van der Waals surface area contributed by atoms with Crippen molar-refractivity contribution >= 4 is 5.91 Å². The smallest absolute Gasteiger partial charge is 0.406 e. The van der Waals surface area contributed by atoms with Crippen LogP contribution in [0, 0.1) is 6.92 Å². The van der Waals surface area contributed by atoms with E-state index in [4.69, 9.17) is 5.73 Å². The predicted octanol–water partition coefficient (Wildman–Crippen LogP) is 1.66. The number of halogens is 3. The second kappa shape index (κ2) is 5.92. The summed E-state index contributed by atoms with van der Waals surface area (Å²) >= 11 is 0. The molecular weight excluding hydrogens is 261 g/mol. The maximum absolute atomic E-state index is 12.4. The van der Waals surface area contributed by atoms with Gasteiger partial charge >= 0.3 is 6.18 Å². The molecule has 0 atom stereocenters. The van der Waals surface area contributed by atoms with Crippen molar-refractivity contribution in [3.63, 3.8) is 0 Å². The van der Waals surface area contributed by atoms with E-state index in [1.807, 2.05) is 0 Å². The number of alkyl halides is 3. The van der Waals surface area contributed by atoms with Crippen molar-refractivity contribution in [3.8, 4) is 5.75 Å². The molecule has 1 aromatic carbocycles. The van der Waals surface area contributed by atoms with Crippen LogP contribution in [0.4, 0.5) is 13.2 Å². The Balaban J connectivity index is 2.95. The Morgan fingerprint density at radius 3 is 2.53 bits per heavy atom. The van der Waals surface area contributed by atoms with Crippen LogP contribution in [0.25, 0.3) is 0 Å². The second-order valence-corrected chi connectivity index (χ2v) is 4.13. The first-order chi connectivity index (χ1) is 8.74. The molecule has 0 radical (unpaired) electrons. The molecule has 0 aliphatic rings. The molecule has 0 unspecified atom stereocenters. The van der Waals surface area contributed by atoms with Gasteiger partial charge in [-0.2, -0.15) is 13.2 Å². The zero-order valence-corrected chi connectivity index (χ0v) is 10.4. The van der Waals surface area contributed by atoms with Gasteiger partial charge in [0.15, 0.2) is 0 Å². The predicted molar refractivity (Wildman–Crippen MR) is 63.9 cm³/mol. The van der Waals surface area contributed by atoms with Crippen LogP contribution >= 0.6 is 0 Å². The van der Waals surface area contributed by atoms with Gasteiger partial charge < -0.3 is 15.7 Å². The highest BCUT2D eigenvalue weighted by atomic mass is 19.4. The van der Waals surface area contributed by atoms with Crippen molar-refractivity contribution in [2.45, 2.75) is 13.1 Å². The fourth-order valence-electron chi connectivity index (χ4n) is 1.60. The van der Waals surface area contributed by atoms with Crippen molar-refractivity contribution in [3.05, 3.63) is 29.3 Å². The van der Waals surface area contributed by atoms with Gasteiger partial charge in [-0.15, -0.1) is 0 Å². The number of aromatic hydroxyl groups is 1. The summed E-state index contributed by atoms with van der Waals surface area (Å²) in [7, 11) is 0. The van der Waals surface area contributed by atoms with Crippen molar-refractivity contribution in [2.75, 3.05) is 19.6 Å². The second-order valence-electron chi connectivity index (χ2n) is 4.13. The number of nitrogens with zero attached hydrogens (tertiary/aromatic N) is 1. The number of nitrogens with two attached hydrogens (primary N) is 1. The molecule has 0 fully saturated rings. The molecule has 0 heterocycles. The Morgan fingerprint density at radius 2 is 2.05 bits per heavy atom. The first-order valence-electron chi connectivity index (χ1n) is 5.60. The number of amides is 1. The molecule has 0 aliphatic carbocycles. The van der Waals surface area contributed by atoms with Crippen molar-refractivity contribution in [2.24, 2.45) is 5.73 Å². The monoisotopic (exact) mass is 276 g/mol. The fraction of sp³-hybridized carbons (Fsp3) is 0.417. The summed E-state index contributed by atoms with van der Waals surface area (Å²) in [6, 6.07) is 3.90. The minimum absolute atomic E-state index is 0.0160. The van der Waals surface area contributed by atoms with E-state index >= 15 is 0 Å². The van der Waals surface area contributed by atoms with Gasteiger partial charge in [-0.3, -0.25) is 4.79 Å². The molecule has 0 spiro atoms. The van der Waals surface area contributed by atoms with E-state index in [1.165, 1.54) is 18.2 Å². The Labute approximate surface area is 108 Å². The Bertz CT molecular complexity index is 461. The maximum Gasteiger partial charge on any atom is 0.406 e. The van der Waals surface area contributed by atoms with Gasteiger partial charge in [-0.25, -0.2) is 0 Å². The zero-order chi connectivity index (χ0) is 14.6. The topological polar surface area (TPSA) is 66.6 Å². The third kappa shape index (κ3) is 4.44. The third-order valence-electron chi connectivity index (χ3n) is 2.50. The van der Waals surface area contributed by atoms with E-state index in [0.717, 1.165) is 0 Å². The van der Waals surface area contributed by atoms with Crippen LogP contribution < -0.4 is 5.73 Å². The van der Waals surface area contributed by atoms with Gasteiger partial charge in [0.25, 0.3) is 5.91 Å². The van der Waals surface area contributed by atoms with Crippen LogP contribution in [0.1, 0.15) is 15.9 Å². The number of benzene rings is 1. The summed E-state index contributed by atoms with van der Waals surface area (Å²) in [5.74, 6) is -0.774. The van der Waals surface area contributed by atoms with Crippen LogP contribution in [0.15, 0.2) is 18.2 Å². The number of carbonyl (C=O) groups excluding carboxylic acids is 1. The van der Waals surface area contributed by atoms with Gasteiger partial charge in [0.1, 0.15) is 12.3 Å². The van der Waals surface area contributed by atoms with Crippen LogP contribution in [-0.4, -0.2) is 41.7 Å². The molecule has 0 bridgehead atoms. The number of hydrogen-bond donors (Lipinski definition) is 2. The van der Waals surface area contributed by atoms with Crippen molar-refractivity contribution in [1.82, 2.24) is 4.90 Å². The molecule has 0 aliphatic heterocycles. The average Bonchev–Trinajstić information content (AvgIpc) is 2.29. The van der Waals surface area contributed by atoms with Crippen molar-refractivity contribution in [1.29, 1.82) is 0 Å². The van der Waals surface area contributed by atoms with Gasteiger partial charge in [0, 0.05) is 18.7 Å². The lowest BCUT2D eigenvalue weighted by atomic mass is 10.1. The van der Waals surface area contributed by atoms with E-state index in [1.54, 1.807) is 6.92 Å². The fourth-order valence-corrected chi connectivity index (χ4v) is 1.60. The van der Waals surface area contributed by atoms with Gasteiger partial charge in [-0.1, -0.05) is 0 Å². The van der Waals surface area contributed by atoms with E-state index in [2.05, 4.69) is 0 Å². The summed E-state index contributed by atoms with van der Waals surface area (Å²) in [5, 5.41) is 9.33. The number of hydrogen-bond acceptors (Lipinski definition) is 3. The number of carbonyl (C=O) groups is 1. The van der Waals surface area contributed by atoms with E-state index in [-0.39, 0.29) is 24.4 Å². The molecule has 1 amide bonds. The maximum atomic E-state index is 12.4. The molecule has 1 aromatic rings. The normalized spacial score (nSPS) is 11.4. The van der Waals surface area contributed by atoms with Gasteiger partial charge in [0.2, 0.25) is 0 Å². The summed E-state index contributed by atoms with van der Waals surface area (Å²) < 4.78 is 37.1. The molecule has 0 aromatic heterocycles. The van der Waals surface area contributed by atoms with Crippen LogP contribution in [0.3, 0.4) is 0 Å². The minimum atomic E-state index is -4.48. The summed E-state index contributed by atoms with van der Waals surface area (Å²) in [6.07, 6.45) is -4.48. The van der Waals surface area contributed by atoms with E-state index in [9.17, 15) is 23.1 Å². The first-order valence-corrected chi connectivity index (χ1v) is 5.60. The summed E-state index contributed by atoms with van der Waals surface area (Å²) in [5.41, 5.74) is 5.73. The van der Waals surface area contributed by atoms with Crippen LogP contribution in [0.5, 0.6) is 5.75 Å². The molecule has 3 N–H and O–H groups in total. The Kier molecular flexibility index (Phi) is 4.77. The highest BCUT2D eigenvalue weighted by Crippen LogP contribution is 2.21. The van der Waals surface area contributed by atoms with E-state index in [0.29, 0.717) is 10.5 Å². The molecule has 1 rings (SSSR count). The Morgan fingerprint density at radius 1 is 1.42 bits per heavy atom. The molecule has 4 nitrogen and oxygen atoms in total. The summed E-state index contributed by atoms with van der Waals surface area (Å²) in [6.45, 7) is -0.0245.